The van der Waals surface area contributed by atoms with Crippen molar-refractivity contribution < 1.29 is 23.1 Å². The number of hydrogen-bond donors (Lipinski definition) is 1. The molecule has 9 heteroatoms. The Kier molecular flexibility index (Phi) is 7.33. The van der Waals surface area contributed by atoms with Crippen molar-refractivity contribution >= 4 is 16.0 Å². The Balaban J connectivity index is 1.74. The Morgan fingerprint density at radius 2 is 1.86 bits per heavy atom. The summed E-state index contributed by atoms with van der Waals surface area (Å²) in [5.74, 6) is -1.19. The molecule has 0 spiro atoms. The van der Waals surface area contributed by atoms with Gasteiger partial charge < -0.3 is 14.4 Å². The van der Waals surface area contributed by atoms with Crippen LogP contribution in [-0.4, -0.2) is 41.0 Å². The van der Waals surface area contributed by atoms with Crippen LogP contribution in [0.25, 0.3) is 0 Å². The van der Waals surface area contributed by atoms with Crippen molar-refractivity contribution in [3.05, 3.63) is 93.4 Å². The van der Waals surface area contributed by atoms with E-state index in [1.807, 2.05) is 32.0 Å². The number of aliphatic carboxylic acids is 1. The van der Waals surface area contributed by atoms with Crippen molar-refractivity contribution in [2.75, 3.05) is 6.54 Å². The maximum absolute atomic E-state index is 13.6. The van der Waals surface area contributed by atoms with Gasteiger partial charge in [0.25, 0.3) is 5.56 Å². The van der Waals surface area contributed by atoms with E-state index >= 15 is 0 Å². The quantitative estimate of drug-likeness (QED) is 0.520. The summed E-state index contributed by atoms with van der Waals surface area (Å²) in [7, 11) is -2.19. The summed E-state index contributed by atoms with van der Waals surface area (Å²) in [6.07, 6.45) is 1.76. The molecule has 0 amide bonds. The fraction of sp³-hybridized carbons (Fsp3) is 0.333. The molecule has 0 saturated carbocycles. The van der Waals surface area contributed by atoms with Crippen LogP contribution >= 0.6 is 0 Å². The Hall–Kier alpha value is -3.43. The van der Waals surface area contributed by atoms with Crippen LogP contribution in [0.5, 0.6) is 5.75 Å². The second kappa shape index (κ2) is 10.3. The van der Waals surface area contributed by atoms with Crippen LogP contribution in [0.1, 0.15) is 47.9 Å². The highest BCUT2D eigenvalue weighted by molar-refractivity contribution is 7.89. The molecule has 0 saturated heterocycles. The highest BCUT2D eigenvalue weighted by atomic mass is 32.2. The summed E-state index contributed by atoms with van der Waals surface area (Å²) in [6, 6.07) is 15.4. The summed E-state index contributed by atoms with van der Waals surface area (Å²) in [4.78, 5) is 24.1. The first-order chi connectivity index (χ1) is 17.1. The Morgan fingerprint density at radius 1 is 1.14 bits per heavy atom. The normalized spacial score (nSPS) is 18.0. The molecule has 1 aliphatic rings. The summed E-state index contributed by atoms with van der Waals surface area (Å²) < 4.78 is 36.0. The minimum absolute atomic E-state index is 0.118. The van der Waals surface area contributed by atoms with E-state index in [0.29, 0.717) is 23.3 Å². The monoisotopic (exact) mass is 510 g/mol. The molecule has 2 unspecified atom stereocenters. The van der Waals surface area contributed by atoms with Gasteiger partial charge in [-0.05, 0) is 53.8 Å². The molecule has 1 N–H and O–H groups in total. The largest absolute Gasteiger partial charge is 0.488 e. The van der Waals surface area contributed by atoms with Gasteiger partial charge in [0.15, 0.2) is 0 Å². The number of rotatable bonds is 7. The second-order valence-corrected chi connectivity index (χ2v) is 11.0. The number of pyridine rings is 1. The van der Waals surface area contributed by atoms with Crippen molar-refractivity contribution in [2.45, 2.75) is 50.2 Å². The predicted molar refractivity (Wildman–Crippen MR) is 136 cm³/mol. The molecule has 190 valence electrons. The zero-order chi connectivity index (χ0) is 26.0. The van der Waals surface area contributed by atoms with E-state index in [1.165, 1.54) is 14.9 Å². The van der Waals surface area contributed by atoms with Crippen LogP contribution in [0.4, 0.5) is 0 Å². The van der Waals surface area contributed by atoms with E-state index in [2.05, 4.69) is 0 Å². The van der Waals surface area contributed by atoms with Crippen molar-refractivity contribution in [3.8, 4) is 5.75 Å². The summed E-state index contributed by atoms with van der Waals surface area (Å²) >= 11 is 0. The van der Waals surface area contributed by atoms with Gasteiger partial charge in [0.1, 0.15) is 16.7 Å². The fourth-order valence-electron chi connectivity index (χ4n) is 4.46. The van der Waals surface area contributed by atoms with Gasteiger partial charge in [-0.15, -0.1) is 0 Å². The van der Waals surface area contributed by atoms with Crippen LogP contribution in [0.2, 0.25) is 0 Å². The highest BCUT2D eigenvalue weighted by Crippen LogP contribution is 2.34. The van der Waals surface area contributed by atoms with Gasteiger partial charge >= 0.3 is 5.97 Å². The first kappa shape index (κ1) is 25.7. The number of nitrogens with zero attached hydrogens (tertiary/aromatic N) is 2. The number of carbonyl (C=O) groups is 1. The number of benzene rings is 2. The second-order valence-electron chi connectivity index (χ2n) is 9.14. The number of fused-ring (bicyclic) bond motifs is 1. The molecule has 0 aliphatic carbocycles. The molecular weight excluding hydrogens is 480 g/mol. The third-order valence-corrected chi connectivity index (χ3v) is 8.51. The van der Waals surface area contributed by atoms with Crippen molar-refractivity contribution in [1.29, 1.82) is 0 Å². The molecule has 0 bridgehead atoms. The molecule has 3 aromatic rings. The molecule has 2 aromatic carbocycles. The van der Waals surface area contributed by atoms with Gasteiger partial charge in [0.2, 0.25) is 10.0 Å². The maximum Gasteiger partial charge on any atom is 0.304 e. The molecule has 4 rings (SSSR count). The smallest absolute Gasteiger partial charge is 0.304 e. The van der Waals surface area contributed by atoms with Crippen LogP contribution in [0.3, 0.4) is 0 Å². The lowest BCUT2D eigenvalue weighted by Crippen LogP contribution is -2.36. The molecule has 2 heterocycles. The number of sulfonamides is 1. The molecule has 1 aliphatic heterocycles. The van der Waals surface area contributed by atoms with Crippen molar-refractivity contribution in [2.24, 2.45) is 7.05 Å². The summed E-state index contributed by atoms with van der Waals surface area (Å²) in [5, 5.41) is 9.58. The Labute approximate surface area is 210 Å². The van der Waals surface area contributed by atoms with Gasteiger partial charge in [-0.1, -0.05) is 37.3 Å². The molecule has 36 heavy (non-hydrogen) atoms. The SMILES string of the molecule is CCC1CN(Cc2cc(C(CC(=O)O)c3ccn(C)c(=O)c3)ccc2C)S(=O)(=O)c2ccccc2O1. The summed E-state index contributed by atoms with van der Waals surface area (Å²) in [6.45, 7) is 4.17. The van der Waals surface area contributed by atoms with Gasteiger partial charge in [0.05, 0.1) is 13.0 Å². The standard InChI is InChI=1S/C27H30N2O6S/c1-4-22-17-29(36(33,34)25-8-6-5-7-24(25)35-22)16-21-13-19(10-9-18(21)2)23(15-27(31)32)20-11-12-28(3)26(30)14-20/h5-14,22-23H,4,15-17H2,1-3H3,(H,31,32). The van der Waals surface area contributed by atoms with E-state index in [4.69, 9.17) is 4.74 Å². The number of aromatic nitrogens is 1. The molecule has 2 atom stereocenters. The molecule has 1 aromatic heterocycles. The van der Waals surface area contributed by atoms with E-state index < -0.39 is 21.9 Å². The van der Waals surface area contributed by atoms with E-state index in [-0.39, 0.29) is 36.1 Å². The maximum atomic E-state index is 13.6. The number of para-hydroxylation sites is 1. The summed E-state index contributed by atoms with van der Waals surface area (Å²) in [5.41, 5.74) is 2.74. The average Bonchev–Trinajstić information content (AvgIpc) is 2.94. The first-order valence-electron chi connectivity index (χ1n) is 11.8. The van der Waals surface area contributed by atoms with Crippen LogP contribution in [0, 0.1) is 6.92 Å². The first-order valence-corrected chi connectivity index (χ1v) is 13.3. The average molecular weight is 511 g/mol. The van der Waals surface area contributed by atoms with Crippen LogP contribution < -0.4 is 10.3 Å². The minimum atomic E-state index is -3.82. The number of hydrogen-bond acceptors (Lipinski definition) is 5. The Morgan fingerprint density at radius 3 is 2.56 bits per heavy atom. The van der Waals surface area contributed by atoms with E-state index in [9.17, 15) is 23.1 Å². The third kappa shape index (κ3) is 5.22. The fourth-order valence-corrected chi connectivity index (χ4v) is 6.03. The van der Waals surface area contributed by atoms with Gasteiger partial charge in [-0.3, -0.25) is 9.59 Å². The zero-order valence-corrected chi connectivity index (χ0v) is 21.4. The van der Waals surface area contributed by atoms with Crippen LogP contribution in [0.15, 0.2) is 70.5 Å². The van der Waals surface area contributed by atoms with Crippen LogP contribution in [-0.2, 0) is 28.4 Å². The lowest BCUT2D eigenvalue weighted by atomic mass is 9.87. The Bertz CT molecular complexity index is 1450. The zero-order valence-electron chi connectivity index (χ0n) is 20.5. The topological polar surface area (TPSA) is 106 Å². The molecule has 8 nitrogen and oxygen atoms in total. The molecule has 0 fully saturated rings. The number of carboxylic acids is 1. The van der Waals surface area contributed by atoms with E-state index in [1.54, 1.807) is 43.6 Å². The number of ether oxygens (including phenoxy) is 1. The van der Waals surface area contributed by atoms with Crippen molar-refractivity contribution in [1.82, 2.24) is 8.87 Å². The predicted octanol–water partition coefficient (Wildman–Crippen LogP) is 3.66. The van der Waals surface area contributed by atoms with Gasteiger partial charge in [-0.25, -0.2) is 8.42 Å². The highest BCUT2D eigenvalue weighted by Gasteiger charge is 2.34. The molecule has 0 radical (unpaired) electrons. The van der Waals surface area contributed by atoms with Crippen molar-refractivity contribution in [3.63, 3.8) is 0 Å². The number of aryl methyl sites for hydroxylation is 2. The number of carboxylic acid groups (broad SMARTS) is 1. The minimum Gasteiger partial charge on any atom is -0.488 e. The van der Waals surface area contributed by atoms with E-state index in [0.717, 1.165) is 11.1 Å². The third-order valence-electron chi connectivity index (χ3n) is 6.65. The molecular formula is C27H30N2O6S. The lowest BCUT2D eigenvalue weighted by Gasteiger charge is -2.24. The van der Waals surface area contributed by atoms with Gasteiger partial charge in [-0.2, -0.15) is 4.31 Å². The lowest BCUT2D eigenvalue weighted by molar-refractivity contribution is -0.137. The van der Waals surface area contributed by atoms with Gasteiger partial charge in [0, 0.05) is 31.8 Å².